The molecule has 0 radical (unpaired) electrons. The molecule has 1 aromatic heterocycles. The summed E-state index contributed by atoms with van der Waals surface area (Å²) in [5, 5.41) is 15.8. The summed E-state index contributed by atoms with van der Waals surface area (Å²) < 4.78 is 6.53. The van der Waals surface area contributed by atoms with E-state index in [2.05, 4.69) is 10.4 Å². The van der Waals surface area contributed by atoms with Crippen molar-refractivity contribution < 1.29 is 19.4 Å². The van der Waals surface area contributed by atoms with Gasteiger partial charge < -0.3 is 15.2 Å². The third-order valence-electron chi connectivity index (χ3n) is 2.24. The molecule has 1 unspecified atom stereocenters. The summed E-state index contributed by atoms with van der Waals surface area (Å²) in [5.41, 5.74) is -0.678. The third-order valence-corrected chi connectivity index (χ3v) is 2.43. The number of nitrogens with zero attached hydrogens (tertiary/aromatic N) is 2. The minimum absolute atomic E-state index is 0.173. The van der Waals surface area contributed by atoms with Crippen molar-refractivity contribution in [2.45, 2.75) is 45.4 Å². The van der Waals surface area contributed by atoms with Crippen LogP contribution < -0.4 is 5.32 Å². The number of halogens is 1. The molecule has 1 rings (SSSR count). The first-order valence-electron chi connectivity index (χ1n) is 6.07. The van der Waals surface area contributed by atoms with Gasteiger partial charge in [-0.3, -0.25) is 4.68 Å². The highest BCUT2D eigenvalue weighted by molar-refractivity contribution is 6.30. The van der Waals surface area contributed by atoms with Crippen LogP contribution in [0.3, 0.4) is 0 Å². The van der Waals surface area contributed by atoms with E-state index in [0.717, 1.165) is 0 Å². The van der Waals surface area contributed by atoms with Crippen molar-refractivity contribution >= 4 is 23.7 Å². The predicted molar refractivity (Wildman–Crippen MR) is 72.6 cm³/mol. The standard InChI is InChI=1S/C12H18ClN3O4/c1-12(2,3)20-11(19)15-9(10(17)18)4-5-16-7-8(13)6-14-16/h6-7,9H,4-5H2,1-3H3,(H,15,19)(H,17,18). The Morgan fingerprint density at radius 1 is 1.55 bits per heavy atom. The Morgan fingerprint density at radius 2 is 2.20 bits per heavy atom. The molecule has 1 atom stereocenters. The van der Waals surface area contributed by atoms with Crippen molar-refractivity contribution in [3.8, 4) is 0 Å². The molecule has 0 aliphatic rings. The number of ether oxygens (including phenoxy) is 1. The number of carboxylic acids is 1. The molecule has 20 heavy (non-hydrogen) atoms. The topological polar surface area (TPSA) is 93.5 Å². The van der Waals surface area contributed by atoms with Crippen LogP contribution in [0.2, 0.25) is 5.02 Å². The lowest BCUT2D eigenvalue weighted by Gasteiger charge is -2.22. The zero-order valence-electron chi connectivity index (χ0n) is 11.6. The van der Waals surface area contributed by atoms with E-state index in [1.54, 1.807) is 27.0 Å². The highest BCUT2D eigenvalue weighted by atomic mass is 35.5. The van der Waals surface area contributed by atoms with Crippen LogP contribution in [0.15, 0.2) is 12.4 Å². The number of carboxylic acid groups (broad SMARTS) is 1. The Kier molecular flexibility index (Phi) is 5.38. The number of carbonyl (C=O) groups excluding carboxylic acids is 1. The lowest BCUT2D eigenvalue weighted by molar-refractivity contribution is -0.139. The van der Waals surface area contributed by atoms with Gasteiger partial charge in [0.1, 0.15) is 11.6 Å². The molecular formula is C12H18ClN3O4. The molecule has 0 aliphatic heterocycles. The summed E-state index contributed by atoms with van der Waals surface area (Å²) in [6.07, 6.45) is 2.45. The van der Waals surface area contributed by atoms with E-state index in [1.807, 2.05) is 0 Å². The highest BCUT2D eigenvalue weighted by Gasteiger charge is 2.23. The van der Waals surface area contributed by atoms with Crippen LogP contribution >= 0.6 is 11.6 Å². The normalized spacial score (nSPS) is 12.8. The van der Waals surface area contributed by atoms with Gasteiger partial charge in [0.2, 0.25) is 0 Å². The van der Waals surface area contributed by atoms with Gasteiger partial charge in [0, 0.05) is 12.7 Å². The Bertz CT molecular complexity index is 481. The van der Waals surface area contributed by atoms with E-state index < -0.39 is 23.7 Å². The fraction of sp³-hybridized carbons (Fsp3) is 0.583. The second-order valence-corrected chi connectivity index (χ2v) is 5.68. The van der Waals surface area contributed by atoms with E-state index in [1.165, 1.54) is 10.9 Å². The van der Waals surface area contributed by atoms with Crippen LogP contribution in [0, 0.1) is 0 Å². The zero-order chi connectivity index (χ0) is 15.3. The Labute approximate surface area is 121 Å². The van der Waals surface area contributed by atoms with Gasteiger partial charge in [0.15, 0.2) is 0 Å². The zero-order valence-corrected chi connectivity index (χ0v) is 12.3. The van der Waals surface area contributed by atoms with Crippen LogP contribution in [0.25, 0.3) is 0 Å². The molecule has 7 nitrogen and oxygen atoms in total. The number of carbonyl (C=O) groups is 2. The number of aliphatic carboxylic acids is 1. The van der Waals surface area contributed by atoms with Crippen LogP contribution in [-0.2, 0) is 16.1 Å². The molecule has 0 aliphatic carbocycles. The number of hydrogen-bond donors (Lipinski definition) is 2. The Balaban J connectivity index is 2.52. The molecule has 112 valence electrons. The van der Waals surface area contributed by atoms with E-state index in [-0.39, 0.29) is 6.42 Å². The Morgan fingerprint density at radius 3 is 2.65 bits per heavy atom. The second-order valence-electron chi connectivity index (χ2n) is 5.25. The number of aromatic nitrogens is 2. The van der Waals surface area contributed by atoms with Crippen molar-refractivity contribution in [2.75, 3.05) is 0 Å². The van der Waals surface area contributed by atoms with Crippen molar-refractivity contribution in [1.29, 1.82) is 0 Å². The number of hydrogen-bond acceptors (Lipinski definition) is 4. The summed E-state index contributed by atoms with van der Waals surface area (Å²) in [6.45, 7) is 5.43. The molecular weight excluding hydrogens is 286 g/mol. The third kappa shape index (κ3) is 5.92. The smallest absolute Gasteiger partial charge is 0.408 e. The van der Waals surface area contributed by atoms with Crippen molar-refractivity contribution in [3.63, 3.8) is 0 Å². The molecule has 1 amide bonds. The van der Waals surface area contributed by atoms with Crippen LogP contribution in [0.4, 0.5) is 4.79 Å². The minimum Gasteiger partial charge on any atom is -0.480 e. The number of amides is 1. The molecule has 8 heteroatoms. The van der Waals surface area contributed by atoms with Crippen LogP contribution in [0.1, 0.15) is 27.2 Å². The van der Waals surface area contributed by atoms with Gasteiger partial charge in [-0.2, -0.15) is 5.10 Å². The first-order valence-corrected chi connectivity index (χ1v) is 6.45. The maximum Gasteiger partial charge on any atom is 0.408 e. The summed E-state index contributed by atoms with van der Waals surface area (Å²) >= 11 is 5.71. The maximum absolute atomic E-state index is 11.5. The van der Waals surface area contributed by atoms with Gasteiger partial charge in [0.05, 0.1) is 11.2 Å². The first-order chi connectivity index (χ1) is 9.17. The van der Waals surface area contributed by atoms with Crippen molar-refractivity contribution in [2.24, 2.45) is 0 Å². The van der Waals surface area contributed by atoms with Crippen molar-refractivity contribution in [3.05, 3.63) is 17.4 Å². The molecule has 0 aromatic carbocycles. The maximum atomic E-state index is 11.5. The molecule has 1 aromatic rings. The fourth-order valence-corrected chi connectivity index (χ4v) is 1.59. The summed E-state index contributed by atoms with van der Waals surface area (Å²) in [6, 6.07) is -1.05. The van der Waals surface area contributed by atoms with E-state index in [0.29, 0.717) is 11.6 Å². The van der Waals surface area contributed by atoms with E-state index in [4.69, 9.17) is 21.4 Å². The fourth-order valence-electron chi connectivity index (χ4n) is 1.43. The summed E-state index contributed by atoms with van der Waals surface area (Å²) in [4.78, 5) is 22.6. The first kappa shape index (κ1) is 16.3. The SMILES string of the molecule is CC(C)(C)OC(=O)NC(CCn1cc(Cl)cn1)C(=O)O. The van der Waals surface area contributed by atoms with Gasteiger partial charge in [-0.05, 0) is 27.2 Å². The van der Waals surface area contributed by atoms with Gasteiger partial charge in [0.25, 0.3) is 0 Å². The lowest BCUT2D eigenvalue weighted by Crippen LogP contribution is -2.44. The van der Waals surface area contributed by atoms with Crippen LogP contribution in [0.5, 0.6) is 0 Å². The monoisotopic (exact) mass is 303 g/mol. The van der Waals surface area contributed by atoms with Crippen molar-refractivity contribution in [1.82, 2.24) is 15.1 Å². The number of rotatable bonds is 5. The Hall–Kier alpha value is -1.76. The highest BCUT2D eigenvalue weighted by Crippen LogP contribution is 2.08. The van der Waals surface area contributed by atoms with E-state index in [9.17, 15) is 9.59 Å². The van der Waals surface area contributed by atoms with Gasteiger partial charge in [-0.1, -0.05) is 11.6 Å². The quantitative estimate of drug-likeness (QED) is 0.866. The van der Waals surface area contributed by atoms with Gasteiger partial charge >= 0.3 is 12.1 Å². The number of aryl methyl sites for hydroxylation is 1. The lowest BCUT2D eigenvalue weighted by atomic mass is 10.2. The number of nitrogens with one attached hydrogen (secondary N) is 1. The average Bonchev–Trinajstić information content (AvgIpc) is 2.67. The molecule has 2 N–H and O–H groups in total. The molecule has 0 saturated heterocycles. The molecule has 0 saturated carbocycles. The minimum atomic E-state index is -1.13. The molecule has 1 heterocycles. The summed E-state index contributed by atoms with van der Waals surface area (Å²) in [7, 11) is 0. The summed E-state index contributed by atoms with van der Waals surface area (Å²) in [5.74, 6) is -1.13. The van der Waals surface area contributed by atoms with E-state index >= 15 is 0 Å². The largest absolute Gasteiger partial charge is 0.480 e. The van der Waals surface area contributed by atoms with Gasteiger partial charge in [-0.25, -0.2) is 9.59 Å². The van der Waals surface area contributed by atoms with Gasteiger partial charge in [-0.15, -0.1) is 0 Å². The predicted octanol–water partition coefficient (Wildman–Crippen LogP) is 1.90. The average molecular weight is 304 g/mol. The molecule has 0 bridgehead atoms. The molecule has 0 spiro atoms. The second kappa shape index (κ2) is 6.60. The van der Waals surface area contributed by atoms with Crippen LogP contribution in [-0.4, -0.2) is 38.6 Å². The molecule has 0 fully saturated rings. The number of alkyl carbamates (subject to hydrolysis) is 1.